The summed E-state index contributed by atoms with van der Waals surface area (Å²) < 4.78 is 0. The van der Waals surface area contributed by atoms with Crippen molar-refractivity contribution < 1.29 is 0 Å². The number of rotatable bonds is 3. The van der Waals surface area contributed by atoms with E-state index in [2.05, 4.69) is 54.8 Å². The van der Waals surface area contributed by atoms with Crippen LogP contribution in [0.5, 0.6) is 0 Å². The van der Waals surface area contributed by atoms with Crippen molar-refractivity contribution in [2.45, 2.75) is 57.2 Å². The molecule has 1 aliphatic heterocycles. The number of benzene rings is 1. The molecule has 2 aliphatic carbocycles. The van der Waals surface area contributed by atoms with E-state index in [1.165, 1.54) is 29.8 Å². The lowest BCUT2D eigenvalue weighted by molar-refractivity contribution is 0.185. The summed E-state index contributed by atoms with van der Waals surface area (Å²) in [5.74, 6) is 1.64. The van der Waals surface area contributed by atoms with E-state index in [-0.39, 0.29) is 5.54 Å². The van der Waals surface area contributed by atoms with Gasteiger partial charge < -0.3 is 15.5 Å². The normalized spacial score (nSPS) is 29.5. The van der Waals surface area contributed by atoms with Gasteiger partial charge in [0.05, 0.1) is 16.9 Å². The van der Waals surface area contributed by atoms with E-state index in [0.717, 1.165) is 36.7 Å². The number of nitrogens with zero attached hydrogens (tertiary/aromatic N) is 2. The van der Waals surface area contributed by atoms with Crippen LogP contribution >= 0.6 is 11.6 Å². The highest BCUT2D eigenvalue weighted by atomic mass is 35.5. The monoisotopic (exact) mass is 398 g/mol. The molecule has 2 N–H and O–H groups in total. The first kappa shape index (κ1) is 19.5. The molecule has 0 radical (unpaired) electrons. The van der Waals surface area contributed by atoms with Crippen LogP contribution in [-0.4, -0.2) is 36.4 Å². The summed E-state index contributed by atoms with van der Waals surface area (Å²) in [5, 5.41) is 8.36. The topological polar surface area (TPSA) is 39.7 Å². The SMILES string of the molecule is CC1C=CC2=C(C1)N=C(NCc1cccc(Cl)c1)C1(CCC(N(C)C)CC1)N2. The Morgan fingerprint density at radius 3 is 2.79 bits per heavy atom. The number of hydrogen-bond acceptors (Lipinski definition) is 4. The fraction of sp³-hybridized carbons (Fsp3) is 0.522. The molecule has 150 valence electrons. The Bertz CT molecular complexity index is 816. The maximum atomic E-state index is 6.17. The average molecular weight is 399 g/mol. The molecular formula is C23H31ClN4. The van der Waals surface area contributed by atoms with Gasteiger partial charge in [0, 0.05) is 17.6 Å². The summed E-state index contributed by atoms with van der Waals surface area (Å²) in [7, 11) is 4.38. The Morgan fingerprint density at radius 2 is 2.07 bits per heavy atom. The summed E-state index contributed by atoms with van der Waals surface area (Å²) in [4.78, 5) is 7.52. The summed E-state index contributed by atoms with van der Waals surface area (Å²) in [6.07, 6.45) is 10.1. The number of halogens is 1. The molecule has 0 bridgehead atoms. The second kappa shape index (κ2) is 7.92. The third-order valence-electron chi connectivity index (χ3n) is 6.38. The van der Waals surface area contributed by atoms with Gasteiger partial charge in [0.1, 0.15) is 5.84 Å². The van der Waals surface area contributed by atoms with Gasteiger partial charge in [0.15, 0.2) is 0 Å². The van der Waals surface area contributed by atoms with Crippen LogP contribution in [0.1, 0.15) is 44.6 Å². The second-order valence-electron chi connectivity index (χ2n) is 8.75. The maximum Gasteiger partial charge on any atom is 0.128 e. The number of hydrogen-bond donors (Lipinski definition) is 2. The molecule has 1 heterocycles. The zero-order valence-electron chi connectivity index (χ0n) is 17.1. The van der Waals surface area contributed by atoms with E-state index in [0.29, 0.717) is 12.0 Å². The number of amidine groups is 1. The molecular weight excluding hydrogens is 368 g/mol. The molecule has 1 aromatic rings. The predicted molar refractivity (Wildman–Crippen MR) is 117 cm³/mol. The number of allylic oxidation sites excluding steroid dienone is 3. The summed E-state index contributed by atoms with van der Waals surface area (Å²) in [6, 6.07) is 8.71. The minimum atomic E-state index is -0.0885. The highest BCUT2D eigenvalue weighted by molar-refractivity contribution is 6.30. The van der Waals surface area contributed by atoms with Crippen LogP contribution in [0.3, 0.4) is 0 Å². The molecule has 1 atom stereocenters. The Kier molecular flexibility index (Phi) is 5.52. The first-order valence-electron chi connectivity index (χ1n) is 10.4. The lowest BCUT2D eigenvalue weighted by Crippen LogP contribution is -2.61. The van der Waals surface area contributed by atoms with Crippen molar-refractivity contribution in [2.24, 2.45) is 10.9 Å². The van der Waals surface area contributed by atoms with Crippen molar-refractivity contribution in [3.05, 3.63) is 58.4 Å². The largest absolute Gasteiger partial charge is 0.371 e. The van der Waals surface area contributed by atoms with E-state index in [1.807, 2.05) is 18.2 Å². The molecule has 5 heteroatoms. The van der Waals surface area contributed by atoms with Crippen molar-refractivity contribution in [1.29, 1.82) is 0 Å². The van der Waals surface area contributed by atoms with Crippen LogP contribution in [0.2, 0.25) is 5.02 Å². The van der Waals surface area contributed by atoms with Crippen LogP contribution in [0.25, 0.3) is 0 Å². The second-order valence-corrected chi connectivity index (χ2v) is 9.18. The van der Waals surface area contributed by atoms with Crippen LogP contribution in [-0.2, 0) is 6.54 Å². The van der Waals surface area contributed by atoms with E-state index < -0.39 is 0 Å². The van der Waals surface area contributed by atoms with Crippen LogP contribution < -0.4 is 10.6 Å². The van der Waals surface area contributed by atoms with E-state index in [9.17, 15) is 0 Å². The van der Waals surface area contributed by atoms with Gasteiger partial charge >= 0.3 is 0 Å². The Balaban J connectivity index is 1.58. The lowest BCUT2D eigenvalue weighted by Gasteiger charge is -2.46. The molecule has 0 aromatic heterocycles. The van der Waals surface area contributed by atoms with Gasteiger partial charge in [-0.2, -0.15) is 0 Å². The van der Waals surface area contributed by atoms with Gasteiger partial charge in [-0.05, 0) is 75.9 Å². The third-order valence-corrected chi connectivity index (χ3v) is 6.61. The smallest absolute Gasteiger partial charge is 0.128 e. The molecule has 3 aliphatic rings. The van der Waals surface area contributed by atoms with Crippen molar-refractivity contribution in [3.63, 3.8) is 0 Å². The van der Waals surface area contributed by atoms with Gasteiger partial charge in [0.25, 0.3) is 0 Å². The third kappa shape index (κ3) is 3.99. The lowest BCUT2D eigenvalue weighted by atomic mass is 9.76. The molecule has 0 saturated heterocycles. The predicted octanol–water partition coefficient (Wildman–Crippen LogP) is 4.48. The van der Waals surface area contributed by atoms with E-state index in [1.54, 1.807) is 0 Å². The molecule has 1 spiro atoms. The molecule has 4 rings (SSSR count). The molecule has 0 amide bonds. The number of aliphatic imine (C=N–C) groups is 1. The first-order chi connectivity index (χ1) is 13.4. The molecule has 1 fully saturated rings. The molecule has 28 heavy (non-hydrogen) atoms. The van der Waals surface area contributed by atoms with Gasteiger partial charge in [-0.15, -0.1) is 0 Å². The van der Waals surface area contributed by atoms with Gasteiger partial charge in [0.2, 0.25) is 0 Å². The minimum absolute atomic E-state index is 0.0885. The maximum absolute atomic E-state index is 6.17. The van der Waals surface area contributed by atoms with Crippen molar-refractivity contribution in [3.8, 4) is 0 Å². The van der Waals surface area contributed by atoms with Crippen LogP contribution in [0, 0.1) is 5.92 Å². The quantitative estimate of drug-likeness (QED) is 0.788. The van der Waals surface area contributed by atoms with E-state index >= 15 is 0 Å². The molecule has 4 nitrogen and oxygen atoms in total. The average Bonchev–Trinajstić information content (AvgIpc) is 2.67. The fourth-order valence-corrected chi connectivity index (χ4v) is 4.85. The molecule has 1 unspecified atom stereocenters. The van der Waals surface area contributed by atoms with E-state index in [4.69, 9.17) is 16.6 Å². The fourth-order valence-electron chi connectivity index (χ4n) is 4.63. The zero-order chi connectivity index (χ0) is 19.7. The summed E-state index contributed by atoms with van der Waals surface area (Å²) >= 11 is 6.17. The summed E-state index contributed by atoms with van der Waals surface area (Å²) in [6.45, 7) is 3.00. The molecule has 1 aromatic carbocycles. The minimum Gasteiger partial charge on any atom is -0.371 e. The highest BCUT2D eigenvalue weighted by Crippen LogP contribution is 2.37. The van der Waals surface area contributed by atoms with Crippen LogP contribution in [0.4, 0.5) is 0 Å². The van der Waals surface area contributed by atoms with Crippen molar-refractivity contribution >= 4 is 17.4 Å². The Hall–Kier alpha value is -1.78. The highest BCUT2D eigenvalue weighted by Gasteiger charge is 2.43. The number of nitrogens with one attached hydrogen (secondary N) is 2. The standard InChI is InChI=1S/C23H31ClN4/c1-16-7-8-20-21(13-16)26-22(25-15-17-5-4-6-18(24)14-17)23(27-20)11-9-19(10-12-23)28(2)3/h4-8,14,16,19,27H,9-13,15H2,1-3H3,(H,25,26). The van der Waals surface area contributed by atoms with Crippen molar-refractivity contribution in [1.82, 2.24) is 15.5 Å². The summed E-state index contributed by atoms with van der Waals surface area (Å²) in [5.41, 5.74) is 3.50. The van der Waals surface area contributed by atoms with Crippen molar-refractivity contribution in [2.75, 3.05) is 14.1 Å². The molecule has 1 saturated carbocycles. The zero-order valence-corrected chi connectivity index (χ0v) is 17.9. The first-order valence-corrected chi connectivity index (χ1v) is 10.8. The van der Waals surface area contributed by atoms with Gasteiger partial charge in [-0.25, -0.2) is 4.99 Å². The van der Waals surface area contributed by atoms with Gasteiger partial charge in [-0.3, -0.25) is 0 Å². The Morgan fingerprint density at radius 1 is 1.29 bits per heavy atom. The van der Waals surface area contributed by atoms with Crippen LogP contribution in [0.15, 0.2) is 52.8 Å². The Labute approximate surface area is 173 Å². The van der Waals surface area contributed by atoms with Gasteiger partial charge in [-0.1, -0.05) is 36.7 Å².